The molecule has 3 atom stereocenters. The Morgan fingerprint density at radius 2 is 1.10 bits per heavy atom. The third kappa shape index (κ3) is 25.5. The molecule has 0 saturated carbocycles. The van der Waals surface area contributed by atoms with Crippen LogP contribution in [-0.2, 0) is 33.3 Å². The van der Waals surface area contributed by atoms with Crippen LogP contribution in [0, 0.1) is 0 Å². The first-order valence-electron chi connectivity index (χ1n) is 13.3. The van der Waals surface area contributed by atoms with E-state index in [0.29, 0.717) is 31.0 Å². The topological polar surface area (TPSA) is 94.6 Å². The van der Waals surface area contributed by atoms with E-state index in [1.807, 2.05) is 13.8 Å². The molecule has 0 aromatic carbocycles. The monoisotopic (exact) mass is 688 g/mol. The van der Waals surface area contributed by atoms with Gasteiger partial charge in [0, 0.05) is 41.0 Å². The molecule has 0 aromatic rings. The van der Waals surface area contributed by atoms with Crippen molar-refractivity contribution in [3.05, 3.63) is 35.5 Å². The summed E-state index contributed by atoms with van der Waals surface area (Å²) in [5, 5.41) is -0.418. The fraction of sp³-hybridized carbons (Fsp3) is 0.690. The van der Waals surface area contributed by atoms with E-state index in [0.717, 1.165) is 18.6 Å². The molecule has 0 spiro atoms. The quantitative estimate of drug-likeness (QED) is 0.0865. The molecule has 0 aliphatic carbocycles. The second-order valence-electron chi connectivity index (χ2n) is 9.04. The van der Waals surface area contributed by atoms with Gasteiger partial charge in [-0.25, -0.2) is 0 Å². The van der Waals surface area contributed by atoms with Crippen molar-refractivity contribution in [2.75, 3.05) is 56.1 Å². The van der Waals surface area contributed by atoms with Crippen LogP contribution >= 0.6 is 39.1 Å². The van der Waals surface area contributed by atoms with Gasteiger partial charge in [0.05, 0.1) is 49.9 Å². The lowest BCUT2D eigenvalue weighted by atomic mass is 10.3. The number of hydrogen-bond donors (Lipinski definition) is 0. The van der Waals surface area contributed by atoms with Gasteiger partial charge in [0.25, 0.3) is 0 Å². The van der Waals surface area contributed by atoms with Crippen molar-refractivity contribution >= 4 is 56.9 Å². The van der Waals surface area contributed by atoms with Crippen LogP contribution in [0.3, 0.4) is 0 Å². The molecule has 0 aromatic heterocycles. The first kappa shape index (κ1) is 43.5. The predicted molar refractivity (Wildman–Crippen MR) is 171 cm³/mol. The van der Waals surface area contributed by atoms with Crippen LogP contribution in [0.1, 0.15) is 59.8 Å². The zero-order valence-corrected chi connectivity index (χ0v) is 29.7. The van der Waals surface area contributed by atoms with Gasteiger partial charge in [-0.2, -0.15) is 0 Å². The Morgan fingerprint density at radius 1 is 0.732 bits per heavy atom. The number of rotatable bonds is 15. The SMILES string of the molecule is CCCCOC(=O)CC=C(OC)C(C)Cl.COC(=CCC(=O)N(C)C)C(C)Br.COC(=CCC(=O)N(C)C)C(C)Cl. The van der Waals surface area contributed by atoms with E-state index in [1.165, 1.54) is 12.0 Å². The van der Waals surface area contributed by atoms with Crippen LogP contribution in [-0.4, -0.2) is 99.3 Å². The van der Waals surface area contributed by atoms with Crippen molar-refractivity contribution in [1.29, 1.82) is 0 Å². The molecule has 0 N–H and O–H groups in total. The number of ether oxygens (including phenoxy) is 4. The van der Waals surface area contributed by atoms with Gasteiger partial charge in [-0.05, 0) is 45.4 Å². The molecule has 0 rings (SSSR count). The molecule has 41 heavy (non-hydrogen) atoms. The normalized spacial score (nSPS) is 13.7. The average Bonchev–Trinajstić information content (AvgIpc) is 2.89. The Morgan fingerprint density at radius 3 is 1.39 bits per heavy atom. The van der Waals surface area contributed by atoms with Gasteiger partial charge in [-0.3, -0.25) is 14.4 Å². The number of alkyl halides is 3. The van der Waals surface area contributed by atoms with E-state index >= 15 is 0 Å². The lowest BCUT2D eigenvalue weighted by molar-refractivity contribution is -0.142. The third-order valence-electron chi connectivity index (χ3n) is 5.07. The maximum Gasteiger partial charge on any atom is 0.309 e. The van der Waals surface area contributed by atoms with E-state index < -0.39 is 0 Å². The number of carbonyl (C=O) groups excluding carboxylic acids is 3. The summed E-state index contributed by atoms with van der Waals surface area (Å²) in [6, 6.07) is 0. The van der Waals surface area contributed by atoms with Gasteiger partial charge in [-0.1, -0.05) is 29.3 Å². The first-order valence-corrected chi connectivity index (χ1v) is 15.1. The Kier molecular flexibility index (Phi) is 28.6. The van der Waals surface area contributed by atoms with Crippen LogP contribution in [0.15, 0.2) is 35.5 Å². The first-order chi connectivity index (χ1) is 19.1. The molecule has 0 aliphatic heterocycles. The summed E-state index contributed by atoms with van der Waals surface area (Å²) in [6.45, 7) is 8.08. The summed E-state index contributed by atoms with van der Waals surface area (Å²) in [5.41, 5.74) is 0. The molecule has 0 aliphatic rings. The predicted octanol–water partition coefficient (Wildman–Crippen LogP) is 6.28. The van der Waals surface area contributed by atoms with Crippen LogP contribution in [0.25, 0.3) is 0 Å². The molecule has 0 bridgehead atoms. The number of esters is 1. The van der Waals surface area contributed by atoms with Crippen molar-refractivity contribution in [2.24, 2.45) is 0 Å². The Hall–Kier alpha value is -1.91. The van der Waals surface area contributed by atoms with Crippen molar-refractivity contribution in [3.63, 3.8) is 0 Å². The minimum absolute atomic E-state index is 0.0341. The highest BCUT2D eigenvalue weighted by Gasteiger charge is 2.09. The van der Waals surface area contributed by atoms with E-state index in [2.05, 4.69) is 15.9 Å². The third-order valence-corrected chi connectivity index (χ3v) is 5.95. The lowest BCUT2D eigenvalue weighted by Gasteiger charge is -2.10. The van der Waals surface area contributed by atoms with Gasteiger partial charge in [0.15, 0.2) is 0 Å². The number of methoxy groups -OCH3 is 3. The average molecular weight is 691 g/mol. The maximum atomic E-state index is 11.2. The van der Waals surface area contributed by atoms with Crippen molar-refractivity contribution in [1.82, 2.24) is 9.80 Å². The Balaban J connectivity index is -0.000000530. The standard InChI is InChI=1S/C11H19ClO3.C9H16BrNO2.C9H16ClNO2/c1-4-5-8-15-11(13)7-6-10(14-3)9(2)12;2*1-7(10)8(13-4)5-6-9(12)11(2)3/h6,9H,4-5,7-8H2,1-3H3;2*5,7H,6H2,1-4H3. The summed E-state index contributed by atoms with van der Waals surface area (Å²) in [5.74, 6) is 1.89. The molecule has 2 amide bonds. The molecule has 0 saturated heterocycles. The van der Waals surface area contributed by atoms with E-state index in [-0.39, 0.29) is 39.8 Å². The number of halogens is 3. The number of carbonyl (C=O) groups is 3. The molecule has 0 fully saturated rings. The maximum absolute atomic E-state index is 11.2. The van der Waals surface area contributed by atoms with Crippen LogP contribution in [0.4, 0.5) is 0 Å². The number of allylic oxidation sites excluding steroid dienone is 3. The van der Waals surface area contributed by atoms with Crippen molar-refractivity contribution in [3.8, 4) is 0 Å². The Labute approximate surface area is 266 Å². The number of amides is 2. The van der Waals surface area contributed by atoms with Crippen molar-refractivity contribution in [2.45, 2.75) is 75.4 Å². The summed E-state index contributed by atoms with van der Waals surface area (Å²) in [4.78, 5) is 36.8. The highest BCUT2D eigenvalue weighted by molar-refractivity contribution is 9.09. The fourth-order valence-corrected chi connectivity index (χ4v) is 3.27. The second kappa shape index (κ2) is 27.0. The summed E-state index contributed by atoms with van der Waals surface area (Å²) in [7, 11) is 11.6. The second-order valence-corrected chi connectivity index (χ2v) is 11.7. The Bertz CT molecular complexity index is 784. The zero-order valence-electron chi connectivity index (χ0n) is 26.6. The van der Waals surface area contributed by atoms with E-state index in [1.54, 1.807) is 79.4 Å². The summed E-state index contributed by atoms with van der Waals surface area (Å²) >= 11 is 15.0. The minimum Gasteiger partial charge on any atom is -0.500 e. The molecule has 240 valence electrons. The number of nitrogens with zero attached hydrogens (tertiary/aromatic N) is 2. The zero-order chi connectivity index (χ0) is 32.5. The van der Waals surface area contributed by atoms with Crippen LogP contribution in [0.5, 0.6) is 0 Å². The molecule has 0 heterocycles. The van der Waals surface area contributed by atoms with Crippen LogP contribution < -0.4 is 0 Å². The van der Waals surface area contributed by atoms with Crippen molar-refractivity contribution < 1.29 is 33.3 Å². The van der Waals surface area contributed by atoms with E-state index in [4.69, 9.17) is 42.1 Å². The summed E-state index contributed by atoms with van der Waals surface area (Å²) in [6.07, 6.45) is 8.00. The fourth-order valence-electron chi connectivity index (χ4n) is 2.54. The van der Waals surface area contributed by atoms with Gasteiger partial charge >= 0.3 is 5.97 Å². The highest BCUT2D eigenvalue weighted by atomic mass is 79.9. The van der Waals surface area contributed by atoms with Gasteiger partial charge in [-0.15, -0.1) is 23.2 Å². The molecule has 0 radical (unpaired) electrons. The van der Waals surface area contributed by atoms with E-state index in [9.17, 15) is 14.4 Å². The largest absolute Gasteiger partial charge is 0.500 e. The molecular weight excluding hydrogens is 639 g/mol. The molecule has 3 unspecified atom stereocenters. The van der Waals surface area contributed by atoms with Gasteiger partial charge in [0.2, 0.25) is 11.8 Å². The molecule has 9 nitrogen and oxygen atoms in total. The van der Waals surface area contributed by atoms with Gasteiger partial charge < -0.3 is 28.7 Å². The smallest absolute Gasteiger partial charge is 0.309 e. The van der Waals surface area contributed by atoms with Crippen LogP contribution in [0.2, 0.25) is 0 Å². The number of hydrogen-bond acceptors (Lipinski definition) is 7. The molecule has 12 heteroatoms. The lowest BCUT2D eigenvalue weighted by Crippen LogP contribution is -2.20. The molecular formula is C29H51BrCl2N2O7. The summed E-state index contributed by atoms with van der Waals surface area (Å²) < 4.78 is 20.1. The highest BCUT2D eigenvalue weighted by Crippen LogP contribution is 2.13. The van der Waals surface area contributed by atoms with Gasteiger partial charge in [0.1, 0.15) is 17.3 Å². The minimum atomic E-state index is -0.240. The number of unbranched alkanes of at least 4 members (excludes halogenated alkanes) is 1.